The molecule has 2 heterocycles. The van der Waals surface area contributed by atoms with Gasteiger partial charge < -0.3 is 9.42 Å². The van der Waals surface area contributed by atoms with Crippen LogP contribution >= 0.6 is 0 Å². The molecule has 0 aromatic carbocycles. The van der Waals surface area contributed by atoms with Gasteiger partial charge >= 0.3 is 0 Å². The Labute approximate surface area is 133 Å². The monoisotopic (exact) mass is 325 g/mol. The van der Waals surface area contributed by atoms with E-state index in [0.29, 0.717) is 30.7 Å². The Morgan fingerprint density at radius 3 is 2.87 bits per heavy atom. The van der Waals surface area contributed by atoms with Gasteiger partial charge in [0.25, 0.3) is 0 Å². The molecule has 3 fully saturated rings. The number of hydrogen-bond acceptors (Lipinski definition) is 4. The maximum absolute atomic E-state index is 12.9. The van der Waals surface area contributed by atoms with Gasteiger partial charge in [0.05, 0.1) is 5.41 Å². The molecular weight excluding hydrogens is 304 g/mol. The maximum Gasteiger partial charge on any atom is 0.248 e. The van der Waals surface area contributed by atoms with Crippen molar-refractivity contribution in [2.75, 3.05) is 13.1 Å². The van der Waals surface area contributed by atoms with Crippen LogP contribution in [0.4, 0.5) is 8.78 Å². The minimum absolute atomic E-state index is 0.00416. The number of amides is 1. The summed E-state index contributed by atoms with van der Waals surface area (Å²) in [7, 11) is 0. The van der Waals surface area contributed by atoms with Crippen molar-refractivity contribution in [3.05, 3.63) is 11.7 Å². The molecule has 7 heteroatoms. The van der Waals surface area contributed by atoms with Crippen LogP contribution in [0.1, 0.15) is 50.2 Å². The van der Waals surface area contributed by atoms with E-state index in [4.69, 9.17) is 4.52 Å². The zero-order valence-corrected chi connectivity index (χ0v) is 13.2. The van der Waals surface area contributed by atoms with Crippen LogP contribution in [0.25, 0.3) is 0 Å². The molecule has 5 nitrogen and oxygen atoms in total. The summed E-state index contributed by atoms with van der Waals surface area (Å²) < 4.78 is 31.3. The molecule has 23 heavy (non-hydrogen) atoms. The zero-order chi connectivity index (χ0) is 16.2. The number of carbonyl (C=O) groups is 1. The topological polar surface area (TPSA) is 59.2 Å². The van der Waals surface area contributed by atoms with Gasteiger partial charge in [-0.2, -0.15) is 4.98 Å². The van der Waals surface area contributed by atoms with Crippen molar-refractivity contribution < 1.29 is 18.1 Å². The highest BCUT2D eigenvalue weighted by Crippen LogP contribution is 2.50. The molecule has 1 aliphatic heterocycles. The van der Waals surface area contributed by atoms with Crippen molar-refractivity contribution in [3.63, 3.8) is 0 Å². The third-order valence-electron chi connectivity index (χ3n) is 5.81. The second-order valence-electron chi connectivity index (χ2n) is 7.50. The second kappa shape index (κ2) is 4.98. The number of aryl methyl sites for hydroxylation is 1. The first-order valence-electron chi connectivity index (χ1n) is 8.34. The van der Waals surface area contributed by atoms with Gasteiger partial charge in [-0.3, -0.25) is 4.79 Å². The Morgan fingerprint density at radius 2 is 2.22 bits per heavy atom. The molecule has 0 bridgehead atoms. The molecule has 0 spiro atoms. The van der Waals surface area contributed by atoms with Crippen molar-refractivity contribution in [2.45, 2.75) is 56.8 Å². The Bertz CT molecular complexity index is 625. The minimum Gasteiger partial charge on any atom is -0.341 e. The van der Waals surface area contributed by atoms with Crippen LogP contribution in [-0.2, 0) is 10.2 Å². The Morgan fingerprint density at radius 1 is 1.43 bits per heavy atom. The van der Waals surface area contributed by atoms with Crippen LogP contribution in [-0.4, -0.2) is 40.0 Å². The highest BCUT2D eigenvalue weighted by Gasteiger charge is 2.55. The van der Waals surface area contributed by atoms with Crippen LogP contribution < -0.4 is 0 Å². The standard InChI is InChI=1S/C16H21F2N3O2/c1-10-19-14(23-20-10)15-4-2-3-12(15)8-21(9-15)13(22)5-11-6-16(17,18)7-11/h11-12H,2-9H2,1H3/t12-,15-/m0/s1. The van der Waals surface area contributed by atoms with E-state index in [1.807, 2.05) is 4.90 Å². The summed E-state index contributed by atoms with van der Waals surface area (Å²) in [5, 5.41) is 3.90. The van der Waals surface area contributed by atoms with Gasteiger partial charge in [-0.1, -0.05) is 11.6 Å². The minimum atomic E-state index is -2.56. The summed E-state index contributed by atoms with van der Waals surface area (Å²) >= 11 is 0. The van der Waals surface area contributed by atoms with Gasteiger partial charge in [0, 0.05) is 32.4 Å². The average molecular weight is 325 g/mol. The molecule has 1 aromatic rings. The van der Waals surface area contributed by atoms with Crippen molar-refractivity contribution >= 4 is 5.91 Å². The third kappa shape index (κ3) is 2.44. The second-order valence-corrected chi connectivity index (χ2v) is 7.50. The lowest BCUT2D eigenvalue weighted by atomic mass is 9.79. The molecule has 0 unspecified atom stereocenters. The molecule has 2 saturated carbocycles. The van der Waals surface area contributed by atoms with Crippen LogP contribution in [0.15, 0.2) is 4.52 Å². The molecule has 126 valence electrons. The van der Waals surface area contributed by atoms with Crippen molar-refractivity contribution in [1.82, 2.24) is 15.0 Å². The SMILES string of the molecule is Cc1noc([C@]23CCC[C@H]2CN(C(=O)CC2CC(F)(F)C2)C3)n1. The fourth-order valence-electron chi connectivity index (χ4n) is 4.63. The Hall–Kier alpha value is -1.53. The maximum atomic E-state index is 12.9. The van der Waals surface area contributed by atoms with E-state index in [1.165, 1.54) is 0 Å². The van der Waals surface area contributed by atoms with E-state index < -0.39 is 5.92 Å². The average Bonchev–Trinajstić information content (AvgIpc) is 3.09. The van der Waals surface area contributed by atoms with Crippen molar-refractivity contribution in [3.8, 4) is 0 Å². The first-order chi connectivity index (χ1) is 10.9. The first kappa shape index (κ1) is 15.0. The molecule has 4 rings (SSSR count). The number of hydrogen-bond donors (Lipinski definition) is 0. The number of nitrogens with zero attached hydrogens (tertiary/aromatic N) is 3. The van der Waals surface area contributed by atoms with Gasteiger partial charge in [-0.05, 0) is 31.6 Å². The number of likely N-dealkylation sites (tertiary alicyclic amines) is 1. The lowest BCUT2D eigenvalue weighted by Gasteiger charge is -2.35. The fourth-order valence-corrected chi connectivity index (χ4v) is 4.63. The van der Waals surface area contributed by atoms with Gasteiger partial charge in [0.1, 0.15) is 0 Å². The number of halogens is 2. The predicted molar refractivity (Wildman–Crippen MR) is 76.9 cm³/mol. The summed E-state index contributed by atoms with van der Waals surface area (Å²) in [4.78, 5) is 18.7. The van der Waals surface area contributed by atoms with Gasteiger partial charge in [-0.25, -0.2) is 8.78 Å². The number of carbonyl (C=O) groups excluding carboxylic acids is 1. The lowest BCUT2D eigenvalue weighted by Crippen LogP contribution is -2.40. The quantitative estimate of drug-likeness (QED) is 0.857. The largest absolute Gasteiger partial charge is 0.341 e. The van der Waals surface area contributed by atoms with E-state index in [0.717, 1.165) is 19.3 Å². The van der Waals surface area contributed by atoms with Crippen LogP contribution in [0, 0.1) is 18.8 Å². The molecule has 2 atom stereocenters. The van der Waals surface area contributed by atoms with Crippen LogP contribution in [0.2, 0.25) is 0 Å². The van der Waals surface area contributed by atoms with Crippen LogP contribution in [0.5, 0.6) is 0 Å². The molecule has 2 aliphatic carbocycles. The molecule has 1 aromatic heterocycles. The smallest absolute Gasteiger partial charge is 0.248 e. The molecule has 0 radical (unpaired) electrons. The van der Waals surface area contributed by atoms with E-state index in [1.54, 1.807) is 6.92 Å². The predicted octanol–water partition coefficient (Wildman–Crippen LogP) is 2.69. The Balaban J connectivity index is 1.46. The number of fused-ring (bicyclic) bond motifs is 1. The normalized spacial score (nSPS) is 32.8. The Kier molecular flexibility index (Phi) is 3.25. The fraction of sp³-hybridized carbons (Fsp3) is 0.812. The summed E-state index contributed by atoms with van der Waals surface area (Å²) in [6.07, 6.45) is 3.04. The van der Waals surface area contributed by atoms with Gasteiger partial charge in [0.2, 0.25) is 17.7 Å². The van der Waals surface area contributed by atoms with E-state index >= 15 is 0 Å². The number of aromatic nitrogens is 2. The van der Waals surface area contributed by atoms with Crippen molar-refractivity contribution in [2.24, 2.45) is 11.8 Å². The van der Waals surface area contributed by atoms with Crippen LogP contribution in [0.3, 0.4) is 0 Å². The van der Waals surface area contributed by atoms with E-state index in [9.17, 15) is 13.6 Å². The third-order valence-corrected chi connectivity index (χ3v) is 5.81. The number of alkyl halides is 2. The molecule has 1 amide bonds. The van der Waals surface area contributed by atoms with Crippen molar-refractivity contribution in [1.29, 1.82) is 0 Å². The highest BCUT2D eigenvalue weighted by molar-refractivity contribution is 5.77. The summed E-state index contributed by atoms with van der Waals surface area (Å²) in [6.45, 7) is 3.06. The molecule has 1 saturated heterocycles. The molecule has 3 aliphatic rings. The summed E-state index contributed by atoms with van der Waals surface area (Å²) in [6, 6.07) is 0. The van der Waals surface area contributed by atoms with Gasteiger partial charge in [-0.15, -0.1) is 0 Å². The summed E-state index contributed by atoms with van der Waals surface area (Å²) in [5.41, 5.74) is -0.222. The lowest BCUT2D eigenvalue weighted by molar-refractivity contribution is -0.141. The molecule has 0 N–H and O–H groups in total. The first-order valence-corrected chi connectivity index (χ1v) is 8.34. The highest BCUT2D eigenvalue weighted by atomic mass is 19.3. The van der Waals surface area contributed by atoms with Gasteiger partial charge in [0.15, 0.2) is 5.82 Å². The van der Waals surface area contributed by atoms with E-state index in [2.05, 4.69) is 10.1 Å². The molecular formula is C16H21F2N3O2. The zero-order valence-electron chi connectivity index (χ0n) is 13.2. The number of rotatable bonds is 3. The van der Waals surface area contributed by atoms with E-state index in [-0.39, 0.29) is 36.5 Å². The summed E-state index contributed by atoms with van der Waals surface area (Å²) in [5.74, 6) is -1.14.